The smallest absolute Gasteiger partial charge is 0.224 e. The number of piperazine rings is 1. The molecule has 2 heterocycles. The molecule has 1 aliphatic heterocycles. The van der Waals surface area contributed by atoms with Crippen LogP contribution in [0, 0.1) is 6.92 Å². The zero-order valence-electron chi connectivity index (χ0n) is 13.9. The van der Waals surface area contributed by atoms with Gasteiger partial charge in [0.1, 0.15) is 0 Å². The molecule has 1 aromatic heterocycles. The van der Waals surface area contributed by atoms with Crippen molar-refractivity contribution in [1.82, 2.24) is 19.9 Å². The maximum absolute atomic E-state index is 12.4. The van der Waals surface area contributed by atoms with Gasteiger partial charge >= 0.3 is 0 Å². The van der Waals surface area contributed by atoms with Gasteiger partial charge in [-0.05, 0) is 5.56 Å². The van der Waals surface area contributed by atoms with Crippen molar-refractivity contribution in [2.45, 2.75) is 25.9 Å². The maximum Gasteiger partial charge on any atom is 0.224 e. The normalized spacial score (nSPS) is 17.0. The fourth-order valence-electron chi connectivity index (χ4n) is 2.90. The molecule has 0 aliphatic carbocycles. The first-order valence-electron chi connectivity index (χ1n) is 8.21. The summed E-state index contributed by atoms with van der Waals surface area (Å²) in [5.74, 6) is 1.38. The molecule has 1 aliphatic rings. The number of benzene rings is 1. The van der Waals surface area contributed by atoms with Gasteiger partial charge in [-0.25, -0.2) is 0 Å². The Kier molecular flexibility index (Phi) is 5.22. The molecular weight excluding hydrogens is 306 g/mol. The van der Waals surface area contributed by atoms with Gasteiger partial charge in [-0.3, -0.25) is 9.69 Å². The molecule has 0 spiro atoms. The first-order valence-corrected chi connectivity index (χ1v) is 8.21. The van der Waals surface area contributed by atoms with Crippen LogP contribution in [0.2, 0.25) is 0 Å². The molecule has 1 aromatic carbocycles. The Morgan fingerprint density at radius 3 is 2.58 bits per heavy atom. The predicted molar refractivity (Wildman–Crippen MR) is 88.9 cm³/mol. The molecule has 3 rings (SSSR count). The van der Waals surface area contributed by atoms with Crippen LogP contribution in [0.25, 0.3) is 0 Å². The van der Waals surface area contributed by atoms with Gasteiger partial charge in [0.25, 0.3) is 0 Å². The lowest BCUT2D eigenvalue weighted by atomic mass is 10.0. The molecular formula is C17H23N5O2. The number of nitrogens with two attached hydrogens (primary N) is 1. The number of carbonyl (C=O) groups excluding carboxylic acids is 1. The number of hydrogen-bond donors (Lipinski definition) is 1. The minimum Gasteiger partial charge on any atom is -0.340 e. The largest absolute Gasteiger partial charge is 0.340 e. The highest BCUT2D eigenvalue weighted by Crippen LogP contribution is 2.16. The second-order valence-electron chi connectivity index (χ2n) is 6.11. The second-order valence-corrected chi connectivity index (χ2v) is 6.11. The van der Waals surface area contributed by atoms with E-state index in [4.69, 9.17) is 10.3 Å². The molecule has 1 fully saturated rings. The zero-order valence-corrected chi connectivity index (χ0v) is 13.9. The second kappa shape index (κ2) is 7.55. The average Bonchev–Trinajstić information content (AvgIpc) is 3.01. The lowest BCUT2D eigenvalue weighted by molar-refractivity contribution is -0.133. The summed E-state index contributed by atoms with van der Waals surface area (Å²) >= 11 is 0. The third kappa shape index (κ3) is 4.18. The van der Waals surface area contributed by atoms with Crippen LogP contribution in [0.15, 0.2) is 34.9 Å². The summed E-state index contributed by atoms with van der Waals surface area (Å²) in [7, 11) is 0. The Hall–Kier alpha value is -2.25. The minimum atomic E-state index is -0.251. The highest BCUT2D eigenvalue weighted by atomic mass is 16.5. The van der Waals surface area contributed by atoms with Crippen molar-refractivity contribution in [1.29, 1.82) is 0 Å². The summed E-state index contributed by atoms with van der Waals surface area (Å²) in [6.07, 6.45) is 0.341. The molecule has 1 amide bonds. The molecule has 1 saturated heterocycles. The molecule has 0 saturated carbocycles. The van der Waals surface area contributed by atoms with Crippen molar-refractivity contribution < 1.29 is 9.32 Å². The highest BCUT2D eigenvalue weighted by molar-refractivity contribution is 5.77. The van der Waals surface area contributed by atoms with Gasteiger partial charge in [0.2, 0.25) is 11.8 Å². The quantitative estimate of drug-likeness (QED) is 0.884. The van der Waals surface area contributed by atoms with Crippen molar-refractivity contribution in [3.05, 3.63) is 47.6 Å². The van der Waals surface area contributed by atoms with E-state index in [1.807, 2.05) is 35.2 Å². The van der Waals surface area contributed by atoms with Crippen LogP contribution in [0.5, 0.6) is 0 Å². The Morgan fingerprint density at radius 1 is 1.25 bits per heavy atom. The Balaban J connectivity index is 1.46. The van der Waals surface area contributed by atoms with E-state index in [9.17, 15) is 4.79 Å². The fraction of sp³-hybridized carbons (Fsp3) is 0.471. The van der Waals surface area contributed by atoms with E-state index in [0.717, 1.165) is 18.7 Å². The molecule has 0 bridgehead atoms. The number of aromatic nitrogens is 2. The average molecular weight is 329 g/mol. The number of nitrogens with zero attached hydrogens (tertiary/aromatic N) is 4. The third-order valence-corrected chi connectivity index (χ3v) is 4.28. The van der Waals surface area contributed by atoms with Crippen molar-refractivity contribution in [2.24, 2.45) is 5.73 Å². The van der Waals surface area contributed by atoms with Crippen molar-refractivity contribution in [2.75, 3.05) is 26.2 Å². The van der Waals surface area contributed by atoms with E-state index >= 15 is 0 Å². The molecule has 128 valence electrons. The number of amides is 1. The Morgan fingerprint density at radius 2 is 1.96 bits per heavy atom. The molecule has 2 N–H and O–H groups in total. The Bertz CT molecular complexity index is 665. The summed E-state index contributed by atoms with van der Waals surface area (Å²) in [4.78, 5) is 20.8. The molecule has 7 nitrogen and oxygen atoms in total. The first-order chi connectivity index (χ1) is 11.6. The topological polar surface area (TPSA) is 88.5 Å². The van der Waals surface area contributed by atoms with Crippen molar-refractivity contribution in [3.63, 3.8) is 0 Å². The van der Waals surface area contributed by atoms with Gasteiger partial charge in [-0.15, -0.1) is 0 Å². The monoisotopic (exact) mass is 329 g/mol. The summed E-state index contributed by atoms with van der Waals surface area (Å²) < 4.78 is 4.98. The summed E-state index contributed by atoms with van der Waals surface area (Å²) in [6.45, 7) is 5.46. The highest BCUT2D eigenvalue weighted by Gasteiger charge is 2.23. The van der Waals surface area contributed by atoms with Crippen molar-refractivity contribution in [3.8, 4) is 0 Å². The summed E-state index contributed by atoms with van der Waals surface area (Å²) in [6, 6.07) is 9.50. The number of hydrogen-bond acceptors (Lipinski definition) is 6. The first kappa shape index (κ1) is 16.6. The van der Waals surface area contributed by atoms with Crippen LogP contribution in [0.4, 0.5) is 0 Å². The third-order valence-electron chi connectivity index (χ3n) is 4.28. The minimum absolute atomic E-state index is 0.112. The molecule has 2 aromatic rings. The fourth-order valence-corrected chi connectivity index (χ4v) is 2.90. The van der Waals surface area contributed by atoms with Crippen LogP contribution in [-0.4, -0.2) is 52.0 Å². The van der Waals surface area contributed by atoms with E-state index in [1.54, 1.807) is 6.92 Å². The van der Waals surface area contributed by atoms with Gasteiger partial charge in [-0.1, -0.05) is 35.5 Å². The van der Waals surface area contributed by atoms with E-state index in [-0.39, 0.29) is 11.9 Å². The lowest BCUT2D eigenvalue weighted by Crippen LogP contribution is -2.48. The van der Waals surface area contributed by atoms with Gasteiger partial charge in [0.15, 0.2) is 5.82 Å². The lowest BCUT2D eigenvalue weighted by Gasteiger charge is -2.34. The number of carbonyl (C=O) groups is 1. The summed E-state index contributed by atoms with van der Waals surface area (Å²) in [5, 5.41) is 3.91. The van der Waals surface area contributed by atoms with Gasteiger partial charge in [0.05, 0.1) is 6.54 Å². The van der Waals surface area contributed by atoms with E-state index in [1.165, 1.54) is 0 Å². The van der Waals surface area contributed by atoms with Gasteiger partial charge in [0, 0.05) is 45.6 Å². The zero-order chi connectivity index (χ0) is 16.9. The van der Waals surface area contributed by atoms with E-state index < -0.39 is 0 Å². The molecule has 7 heteroatoms. The molecule has 1 atom stereocenters. The summed E-state index contributed by atoms with van der Waals surface area (Å²) in [5.41, 5.74) is 7.15. The molecule has 1 unspecified atom stereocenters. The molecule has 24 heavy (non-hydrogen) atoms. The van der Waals surface area contributed by atoms with E-state index in [0.29, 0.717) is 37.8 Å². The van der Waals surface area contributed by atoms with Crippen LogP contribution in [-0.2, 0) is 11.3 Å². The van der Waals surface area contributed by atoms with Crippen LogP contribution < -0.4 is 5.73 Å². The maximum atomic E-state index is 12.4. The van der Waals surface area contributed by atoms with Gasteiger partial charge in [-0.2, -0.15) is 4.98 Å². The van der Waals surface area contributed by atoms with Gasteiger partial charge < -0.3 is 15.2 Å². The van der Waals surface area contributed by atoms with Crippen molar-refractivity contribution >= 4 is 5.91 Å². The number of aryl methyl sites for hydroxylation is 1. The number of rotatable bonds is 5. The molecule has 0 radical (unpaired) electrons. The SMILES string of the molecule is Cc1nc(CN2CCN(C(=O)CC(N)c3ccccc3)CC2)no1. The Labute approximate surface area is 141 Å². The predicted octanol–water partition coefficient (Wildman–Crippen LogP) is 1.11. The standard InChI is InChI=1S/C17H23N5O2/c1-13-19-16(20-24-13)12-21-7-9-22(10-8-21)17(23)11-15(18)14-5-3-2-4-6-14/h2-6,15H,7-12,18H2,1H3. The van der Waals surface area contributed by atoms with E-state index in [2.05, 4.69) is 15.0 Å². The van der Waals surface area contributed by atoms with Crippen LogP contribution in [0.3, 0.4) is 0 Å². The van der Waals surface area contributed by atoms with Crippen LogP contribution in [0.1, 0.15) is 29.7 Å². The van der Waals surface area contributed by atoms with Crippen LogP contribution >= 0.6 is 0 Å².